The largest absolute Gasteiger partial charge is 0.470 e. The number of thioether (sulfide) groups is 1. The van der Waals surface area contributed by atoms with Crippen molar-refractivity contribution >= 4 is 42.8 Å². The van der Waals surface area contributed by atoms with E-state index in [1.54, 1.807) is 42.5 Å². The molecule has 3 heterocycles. The van der Waals surface area contributed by atoms with E-state index in [1.807, 2.05) is 6.07 Å². The molecule has 6 rings (SSSR count). The van der Waals surface area contributed by atoms with Gasteiger partial charge >= 0.3 is 7.82 Å². The van der Waals surface area contributed by atoms with Crippen LogP contribution in [0.3, 0.4) is 0 Å². The van der Waals surface area contributed by atoms with Crippen molar-refractivity contribution in [1.82, 2.24) is 15.0 Å². The van der Waals surface area contributed by atoms with Gasteiger partial charge in [-0.25, -0.2) is 22.4 Å². The van der Waals surface area contributed by atoms with Gasteiger partial charge in [-0.05, 0) is 30.3 Å². The van der Waals surface area contributed by atoms with Crippen LogP contribution in [-0.4, -0.2) is 55.1 Å². The average Bonchev–Trinajstić information content (AvgIpc) is 3.47. The quantitative estimate of drug-likeness (QED) is 0.168. The number of halogens is 5. The maximum atomic E-state index is 14.0. The molecule has 2 aliphatic heterocycles. The molecule has 0 aliphatic carbocycles. The molecular formula is C27H21Cl2F3N3O7PS. The summed E-state index contributed by atoms with van der Waals surface area (Å²) in [6, 6.07) is 14.1. The van der Waals surface area contributed by atoms with Gasteiger partial charge in [0, 0.05) is 16.0 Å². The molecule has 0 saturated carbocycles. The zero-order valence-electron chi connectivity index (χ0n) is 22.0. The molecule has 10 nitrogen and oxygen atoms in total. The summed E-state index contributed by atoms with van der Waals surface area (Å²) in [6.07, 6.45) is -2.83. The van der Waals surface area contributed by atoms with Crippen molar-refractivity contribution in [3.8, 4) is 11.3 Å². The summed E-state index contributed by atoms with van der Waals surface area (Å²) in [4.78, 5) is 20.4. The van der Waals surface area contributed by atoms with Gasteiger partial charge in [-0.1, -0.05) is 70.5 Å². The molecule has 2 N–H and O–H groups in total. The standard InChI is InChI=1S/C27H21Cl2F3N3O7PS/c28-16-7-6-15(10-17(16)29)44-27-25(42-43(36,37)38)23(24-21(40-27)12-39-26(41-24)13-4-2-1-3-5-13)35-11-20(33-34-35)14-8-18(30)22(32)19(31)9-14/h1-11,21,23-27H,12H2,(H2,36,37,38)/t21?,23-,24-,25?,26?,27+/m0/s1. The molecule has 1 aromatic heterocycles. The van der Waals surface area contributed by atoms with Gasteiger partial charge in [-0.3, -0.25) is 4.52 Å². The minimum absolute atomic E-state index is 0.0116. The van der Waals surface area contributed by atoms with Crippen LogP contribution in [0.5, 0.6) is 0 Å². The topological polar surface area (TPSA) is 125 Å². The number of hydrogen-bond acceptors (Lipinski definition) is 8. The Morgan fingerprint density at radius 2 is 1.73 bits per heavy atom. The number of ether oxygens (including phenoxy) is 3. The smallest absolute Gasteiger partial charge is 0.356 e. The van der Waals surface area contributed by atoms with Crippen LogP contribution in [0.25, 0.3) is 11.3 Å². The summed E-state index contributed by atoms with van der Waals surface area (Å²) in [5, 5.41) is 8.63. The first kappa shape index (κ1) is 31.5. The Labute approximate surface area is 262 Å². The second-order valence-corrected chi connectivity index (χ2v) is 13.0. The summed E-state index contributed by atoms with van der Waals surface area (Å²) >= 11 is 13.3. The zero-order valence-corrected chi connectivity index (χ0v) is 25.3. The molecule has 2 aliphatic rings. The van der Waals surface area contributed by atoms with E-state index in [-0.39, 0.29) is 22.9 Å². The molecule has 3 aromatic carbocycles. The molecule has 3 unspecified atom stereocenters. The maximum Gasteiger partial charge on any atom is 0.470 e. The molecule has 44 heavy (non-hydrogen) atoms. The third-order valence-electron chi connectivity index (χ3n) is 6.88. The SMILES string of the molecule is O=P(O)(O)OC1[C@@H](Sc2ccc(Cl)c(Cl)c2)OC2COC(c3ccccc3)O[C@@H]2[C@@H]1n1cc(-c2cc(F)c(F)c(F)c2)nn1. The van der Waals surface area contributed by atoms with Gasteiger partial charge in [0.15, 0.2) is 23.7 Å². The maximum absolute atomic E-state index is 14.0. The summed E-state index contributed by atoms with van der Waals surface area (Å²) in [7, 11) is -5.17. The Bertz CT molecular complexity index is 1700. The first-order valence-corrected chi connectivity index (χ1v) is 16.0. The minimum Gasteiger partial charge on any atom is -0.356 e. The number of phosphoric acid groups is 1. The minimum atomic E-state index is -5.17. The van der Waals surface area contributed by atoms with Crippen LogP contribution < -0.4 is 0 Å². The Balaban J connectivity index is 1.42. The van der Waals surface area contributed by atoms with Crippen molar-refractivity contribution in [3.63, 3.8) is 0 Å². The van der Waals surface area contributed by atoms with Gasteiger partial charge in [-0.15, -0.1) is 5.10 Å². The lowest BCUT2D eigenvalue weighted by atomic mass is 9.96. The van der Waals surface area contributed by atoms with E-state index in [0.29, 0.717) is 15.5 Å². The summed E-state index contributed by atoms with van der Waals surface area (Å²) in [5.74, 6) is -4.51. The highest BCUT2D eigenvalue weighted by atomic mass is 35.5. The number of fused-ring (bicyclic) bond motifs is 1. The normalized spacial score (nSPS) is 25.5. The van der Waals surface area contributed by atoms with Crippen LogP contribution in [0, 0.1) is 17.5 Å². The number of benzene rings is 3. The number of aromatic nitrogens is 3. The summed E-state index contributed by atoms with van der Waals surface area (Å²) in [5.41, 5.74) is -0.609. The molecule has 4 aromatic rings. The highest BCUT2D eigenvalue weighted by Crippen LogP contribution is 2.50. The molecule has 0 amide bonds. The van der Waals surface area contributed by atoms with Gasteiger partial charge in [0.25, 0.3) is 0 Å². The predicted molar refractivity (Wildman–Crippen MR) is 152 cm³/mol. The number of rotatable bonds is 7. The molecule has 2 fully saturated rings. The number of hydrogen-bond donors (Lipinski definition) is 2. The van der Waals surface area contributed by atoms with E-state index in [4.69, 9.17) is 41.9 Å². The molecule has 17 heteroatoms. The molecule has 0 radical (unpaired) electrons. The number of nitrogens with zero attached hydrogens (tertiary/aromatic N) is 3. The molecule has 2 saturated heterocycles. The summed E-state index contributed by atoms with van der Waals surface area (Å²) < 4.78 is 79.0. The second-order valence-electron chi connectivity index (χ2n) is 9.80. The first-order valence-electron chi connectivity index (χ1n) is 12.9. The molecule has 6 atom stereocenters. The predicted octanol–water partition coefficient (Wildman–Crippen LogP) is 6.32. The Morgan fingerprint density at radius 3 is 2.41 bits per heavy atom. The van der Waals surface area contributed by atoms with Gasteiger partial charge in [-0.2, -0.15) is 0 Å². The van der Waals surface area contributed by atoms with E-state index in [2.05, 4.69) is 10.3 Å². The van der Waals surface area contributed by atoms with Crippen LogP contribution in [0.4, 0.5) is 13.2 Å². The van der Waals surface area contributed by atoms with Crippen LogP contribution in [-0.2, 0) is 23.3 Å². The van der Waals surface area contributed by atoms with Crippen LogP contribution in [0.15, 0.2) is 71.8 Å². The highest BCUT2D eigenvalue weighted by molar-refractivity contribution is 7.99. The lowest BCUT2D eigenvalue weighted by Crippen LogP contribution is -2.59. The van der Waals surface area contributed by atoms with E-state index >= 15 is 0 Å². The second kappa shape index (κ2) is 12.7. The fourth-order valence-corrected chi connectivity index (χ4v) is 7.10. The van der Waals surface area contributed by atoms with Crippen molar-refractivity contribution in [2.75, 3.05) is 6.61 Å². The lowest BCUT2D eigenvalue weighted by Gasteiger charge is -2.48. The van der Waals surface area contributed by atoms with Crippen molar-refractivity contribution in [1.29, 1.82) is 0 Å². The van der Waals surface area contributed by atoms with E-state index in [1.165, 1.54) is 10.9 Å². The van der Waals surface area contributed by atoms with Gasteiger partial charge in [0.05, 0.1) is 22.8 Å². The van der Waals surface area contributed by atoms with Crippen molar-refractivity contribution in [3.05, 3.63) is 99.9 Å². The van der Waals surface area contributed by atoms with E-state index < -0.39 is 61.4 Å². The highest BCUT2D eigenvalue weighted by Gasteiger charge is 2.54. The monoisotopic (exact) mass is 689 g/mol. The lowest BCUT2D eigenvalue weighted by molar-refractivity contribution is -0.305. The van der Waals surface area contributed by atoms with Gasteiger partial charge < -0.3 is 24.0 Å². The van der Waals surface area contributed by atoms with E-state index in [0.717, 1.165) is 23.9 Å². The molecule has 232 valence electrons. The molecular weight excluding hydrogens is 669 g/mol. The fourth-order valence-electron chi connectivity index (χ4n) is 4.96. The molecule has 0 spiro atoms. The van der Waals surface area contributed by atoms with Crippen molar-refractivity contribution in [2.45, 2.75) is 41.0 Å². The van der Waals surface area contributed by atoms with Crippen LogP contribution >= 0.6 is 42.8 Å². The molecule has 0 bridgehead atoms. The van der Waals surface area contributed by atoms with Crippen LogP contribution in [0.2, 0.25) is 10.0 Å². The van der Waals surface area contributed by atoms with Crippen molar-refractivity contribution < 1.29 is 46.3 Å². The fraction of sp³-hybridized carbons (Fsp3) is 0.259. The average molecular weight is 690 g/mol. The van der Waals surface area contributed by atoms with Crippen molar-refractivity contribution in [2.24, 2.45) is 0 Å². The summed E-state index contributed by atoms with van der Waals surface area (Å²) in [6.45, 7) is 0.0116. The van der Waals surface area contributed by atoms with Gasteiger partial charge in [0.2, 0.25) is 0 Å². The zero-order chi connectivity index (χ0) is 31.2. The first-order chi connectivity index (χ1) is 21.0. The Kier molecular flexibility index (Phi) is 9.10. The van der Waals surface area contributed by atoms with Gasteiger partial charge in [0.1, 0.15) is 35.5 Å². The third-order valence-corrected chi connectivity index (χ3v) is 9.27. The number of phosphoric ester groups is 1. The Morgan fingerprint density at radius 1 is 1.00 bits per heavy atom. The third kappa shape index (κ3) is 6.70. The Hall–Kier alpha value is -2.49. The van der Waals surface area contributed by atoms with E-state index in [9.17, 15) is 27.5 Å². The van der Waals surface area contributed by atoms with Crippen LogP contribution in [0.1, 0.15) is 17.9 Å².